The standard InChI is InChI=1S/C21H26O7/c1-11(2)7-15(23)14-5-6-17(18(21(25)26)20(14)27-4)28-19-13(10-22)8-12(3)9-16(19)24/h5-6,8-9,11,15,22-24H,7,10H2,1-4H3,(H,25,26). The molecule has 1 unspecified atom stereocenters. The first kappa shape index (κ1) is 21.5. The molecule has 0 heterocycles. The quantitative estimate of drug-likeness (QED) is 0.542. The van der Waals surface area contributed by atoms with Gasteiger partial charge in [0.2, 0.25) is 0 Å². The maximum Gasteiger partial charge on any atom is 0.343 e. The van der Waals surface area contributed by atoms with E-state index in [4.69, 9.17) is 9.47 Å². The lowest BCUT2D eigenvalue weighted by molar-refractivity contribution is 0.0689. The average molecular weight is 390 g/mol. The normalized spacial score (nSPS) is 12.1. The Morgan fingerprint density at radius 3 is 2.39 bits per heavy atom. The molecule has 152 valence electrons. The molecule has 2 aromatic rings. The van der Waals surface area contributed by atoms with Crippen molar-refractivity contribution in [1.29, 1.82) is 0 Å². The lowest BCUT2D eigenvalue weighted by atomic mass is 9.96. The van der Waals surface area contributed by atoms with Gasteiger partial charge in [-0.15, -0.1) is 0 Å². The molecule has 0 spiro atoms. The van der Waals surface area contributed by atoms with Crippen LogP contribution in [0.1, 0.15) is 53.4 Å². The predicted octanol–water partition coefficient (Wildman–Crippen LogP) is 3.77. The number of aromatic hydroxyl groups is 1. The third kappa shape index (κ3) is 4.55. The van der Waals surface area contributed by atoms with Gasteiger partial charge in [-0.05, 0) is 49.1 Å². The lowest BCUT2D eigenvalue weighted by Gasteiger charge is -2.21. The smallest absolute Gasteiger partial charge is 0.343 e. The number of aliphatic hydroxyl groups excluding tert-OH is 2. The van der Waals surface area contributed by atoms with Crippen LogP contribution in [-0.2, 0) is 6.61 Å². The highest BCUT2D eigenvalue weighted by Crippen LogP contribution is 2.42. The Kier molecular flexibility index (Phi) is 6.88. The van der Waals surface area contributed by atoms with Crippen molar-refractivity contribution in [2.24, 2.45) is 5.92 Å². The Labute approximate surface area is 163 Å². The number of methoxy groups -OCH3 is 1. The van der Waals surface area contributed by atoms with Crippen LogP contribution in [0.3, 0.4) is 0 Å². The van der Waals surface area contributed by atoms with Crippen molar-refractivity contribution < 1.29 is 34.7 Å². The van der Waals surface area contributed by atoms with E-state index in [1.54, 1.807) is 13.0 Å². The summed E-state index contributed by atoms with van der Waals surface area (Å²) in [5, 5.41) is 40.0. The SMILES string of the molecule is COc1c(C(O)CC(C)C)ccc(Oc2c(O)cc(C)cc2CO)c1C(=O)O. The molecule has 2 rings (SSSR count). The number of hydrogen-bond donors (Lipinski definition) is 4. The van der Waals surface area contributed by atoms with Crippen molar-refractivity contribution in [3.63, 3.8) is 0 Å². The van der Waals surface area contributed by atoms with Gasteiger partial charge >= 0.3 is 5.97 Å². The summed E-state index contributed by atoms with van der Waals surface area (Å²) in [6.45, 7) is 5.25. The van der Waals surface area contributed by atoms with E-state index in [-0.39, 0.29) is 34.5 Å². The molecule has 0 aliphatic carbocycles. The molecular weight excluding hydrogens is 364 g/mol. The highest BCUT2D eigenvalue weighted by atomic mass is 16.5. The van der Waals surface area contributed by atoms with Crippen LogP contribution < -0.4 is 9.47 Å². The Morgan fingerprint density at radius 1 is 1.18 bits per heavy atom. The average Bonchev–Trinajstić information content (AvgIpc) is 2.61. The van der Waals surface area contributed by atoms with Crippen LogP contribution in [0.4, 0.5) is 0 Å². The fraction of sp³-hybridized carbons (Fsp3) is 0.381. The third-order valence-corrected chi connectivity index (χ3v) is 4.29. The van der Waals surface area contributed by atoms with Gasteiger partial charge in [-0.3, -0.25) is 0 Å². The van der Waals surface area contributed by atoms with Crippen LogP contribution >= 0.6 is 0 Å². The number of rotatable bonds is 8. The maximum atomic E-state index is 11.9. The summed E-state index contributed by atoms with van der Waals surface area (Å²) >= 11 is 0. The minimum atomic E-state index is -1.30. The van der Waals surface area contributed by atoms with Crippen LogP contribution in [0.25, 0.3) is 0 Å². The minimum absolute atomic E-state index is 0.00435. The first-order valence-electron chi connectivity index (χ1n) is 8.93. The lowest BCUT2D eigenvalue weighted by Crippen LogP contribution is -2.10. The summed E-state index contributed by atoms with van der Waals surface area (Å²) in [6.07, 6.45) is -0.467. The van der Waals surface area contributed by atoms with Crippen LogP contribution in [0, 0.1) is 12.8 Å². The van der Waals surface area contributed by atoms with Gasteiger partial charge < -0.3 is 29.9 Å². The van der Waals surface area contributed by atoms with Gasteiger partial charge in [0.1, 0.15) is 17.1 Å². The van der Waals surface area contributed by atoms with Crippen LogP contribution in [0.2, 0.25) is 0 Å². The molecule has 7 nitrogen and oxygen atoms in total. The molecule has 0 aliphatic rings. The summed E-state index contributed by atoms with van der Waals surface area (Å²) in [4.78, 5) is 11.9. The van der Waals surface area contributed by atoms with Crippen molar-refractivity contribution >= 4 is 5.97 Å². The highest BCUT2D eigenvalue weighted by Gasteiger charge is 2.26. The molecule has 0 aromatic heterocycles. The van der Waals surface area contributed by atoms with Crippen molar-refractivity contribution in [3.05, 3.63) is 46.5 Å². The number of hydrogen-bond acceptors (Lipinski definition) is 6. The molecule has 28 heavy (non-hydrogen) atoms. The number of aryl methyl sites for hydroxylation is 1. The second-order valence-corrected chi connectivity index (χ2v) is 7.04. The van der Waals surface area contributed by atoms with Crippen molar-refractivity contribution in [2.75, 3.05) is 7.11 Å². The predicted molar refractivity (Wildman–Crippen MR) is 103 cm³/mol. The van der Waals surface area contributed by atoms with Gasteiger partial charge in [0.15, 0.2) is 11.5 Å². The van der Waals surface area contributed by atoms with Crippen LogP contribution in [0.5, 0.6) is 23.0 Å². The van der Waals surface area contributed by atoms with Gasteiger partial charge in [0, 0.05) is 11.1 Å². The number of phenolic OH excluding ortho intramolecular Hbond substituents is 1. The van der Waals surface area contributed by atoms with E-state index in [1.807, 2.05) is 13.8 Å². The van der Waals surface area contributed by atoms with Crippen molar-refractivity contribution in [1.82, 2.24) is 0 Å². The molecule has 7 heteroatoms. The molecule has 1 atom stereocenters. The zero-order valence-corrected chi connectivity index (χ0v) is 16.4. The van der Waals surface area contributed by atoms with Gasteiger partial charge in [0.05, 0.1) is 19.8 Å². The topological polar surface area (TPSA) is 116 Å². The van der Waals surface area contributed by atoms with Crippen molar-refractivity contribution in [2.45, 2.75) is 39.9 Å². The zero-order chi connectivity index (χ0) is 21.0. The number of aliphatic hydroxyl groups is 2. The molecule has 0 aliphatic heterocycles. The summed E-state index contributed by atoms with van der Waals surface area (Å²) in [5.41, 5.74) is 1.11. The van der Waals surface area contributed by atoms with Gasteiger partial charge in [-0.25, -0.2) is 4.79 Å². The fourth-order valence-electron chi connectivity index (χ4n) is 3.10. The van der Waals surface area contributed by atoms with E-state index in [0.717, 1.165) is 5.56 Å². The first-order valence-corrected chi connectivity index (χ1v) is 8.93. The third-order valence-electron chi connectivity index (χ3n) is 4.29. The summed E-state index contributed by atoms with van der Waals surface area (Å²) in [5.74, 6) is -1.44. The maximum absolute atomic E-state index is 11.9. The number of benzene rings is 2. The molecule has 4 N–H and O–H groups in total. The largest absolute Gasteiger partial charge is 0.504 e. The first-order chi connectivity index (χ1) is 13.2. The second kappa shape index (κ2) is 8.95. The molecule has 0 amide bonds. The molecule has 0 saturated heterocycles. The number of carbonyl (C=O) groups is 1. The van der Waals surface area contributed by atoms with E-state index in [0.29, 0.717) is 17.5 Å². The zero-order valence-electron chi connectivity index (χ0n) is 16.4. The van der Waals surface area contributed by atoms with Crippen LogP contribution in [-0.4, -0.2) is 33.5 Å². The molecule has 2 aromatic carbocycles. The van der Waals surface area contributed by atoms with E-state index in [9.17, 15) is 25.2 Å². The Balaban J connectivity index is 2.59. The Hall–Kier alpha value is -2.77. The van der Waals surface area contributed by atoms with Gasteiger partial charge in [-0.2, -0.15) is 0 Å². The van der Waals surface area contributed by atoms with Gasteiger partial charge in [-0.1, -0.05) is 13.8 Å². The molecule has 0 fully saturated rings. The Bertz CT molecular complexity index is 858. The monoisotopic (exact) mass is 390 g/mol. The summed E-state index contributed by atoms with van der Waals surface area (Å²) < 4.78 is 11.0. The number of aromatic carboxylic acids is 1. The summed E-state index contributed by atoms with van der Waals surface area (Å²) in [7, 11) is 1.32. The number of carboxylic acids is 1. The van der Waals surface area contributed by atoms with Gasteiger partial charge in [0.25, 0.3) is 0 Å². The molecule has 0 radical (unpaired) electrons. The Morgan fingerprint density at radius 2 is 1.86 bits per heavy atom. The van der Waals surface area contributed by atoms with Crippen molar-refractivity contribution in [3.8, 4) is 23.0 Å². The molecule has 0 saturated carbocycles. The van der Waals surface area contributed by atoms with E-state index in [2.05, 4.69) is 0 Å². The fourth-order valence-corrected chi connectivity index (χ4v) is 3.10. The number of ether oxygens (including phenoxy) is 2. The van der Waals surface area contributed by atoms with E-state index < -0.39 is 18.7 Å². The number of carboxylic acid groups (broad SMARTS) is 1. The molecular formula is C21H26O7. The summed E-state index contributed by atoms with van der Waals surface area (Å²) in [6, 6.07) is 6.03. The molecule has 0 bridgehead atoms. The van der Waals surface area contributed by atoms with Crippen LogP contribution in [0.15, 0.2) is 24.3 Å². The second-order valence-electron chi connectivity index (χ2n) is 7.04. The highest BCUT2D eigenvalue weighted by molar-refractivity contribution is 5.95. The van der Waals surface area contributed by atoms with E-state index in [1.165, 1.54) is 25.3 Å². The number of phenols is 1. The minimum Gasteiger partial charge on any atom is -0.504 e. The van der Waals surface area contributed by atoms with E-state index >= 15 is 0 Å².